The lowest BCUT2D eigenvalue weighted by molar-refractivity contribution is -0.142. The van der Waals surface area contributed by atoms with E-state index in [4.69, 9.17) is 13.9 Å². The summed E-state index contributed by atoms with van der Waals surface area (Å²) in [6.45, 7) is 3.91. The molecule has 0 fully saturated rings. The Morgan fingerprint density at radius 3 is 2.66 bits per heavy atom. The fourth-order valence-corrected chi connectivity index (χ4v) is 3.53. The Kier molecular flexibility index (Phi) is 6.21. The van der Waals surface area contributed by atoms with Gasteiger partial charge in [-0.05, 0) is 59.1 Å². The number of benzene rings is 2. The molecule has 0 radical (unpaired) electrons. The number of hydrogen-bond donors (Lipinski definition) is 0. The number of halogens is 4. The lowest BCUT2D eigenvalue weighted by Gasteiger charge is -2.13. The topological polar surface area (TPSA) is 48.7 Å². The third-order valence-electron chi connectivity index (χ3n) is 4.25. The third-order valence-corrected chi connectivity index (χ3v) is 4.84. The van der Waals surface area contributed by atoms with Crippen LogP contribution in [0, 0.1) is 6.92 Å². The van der Waals surface area contributed by atoms with Crippen molar-refractivity contribution in [1.29, 1.82) is 0 Å². The van der Waals surface area contributed by atoms with Crippen molar-refractivity contribution in [3.63, 3.8) is 0 Å². The number of ether oxygens (including phenoxy) is 2. The molecule has 0 atom stereocenters. The van der Waals surface area contributed by atoms with Crippen LogP contribution >= 0.6 is 15.9 Å². The van der Waals surface area contributed by atoms with E-state index >= 15 is 0 Å². The highest BCUT2D eigenvalue weighted by Crippen LogP contribution is 2.39. The summed E-state index contributed by atoms with van der Waals surface area (Å²) >= 11 is 3.25. The van der Waals surface area contributed by atoms with E-state index in [1.807, 2.05) is 13.0 Å². The summed E-state index contributed by atoms with van der Waals surface area (Å²) in [5.74, 6) is 0.107. The van der Waals surface area contributed by atoms with E-state index in [0.29, 0.717) is 27.6 Å². The third kappa shape index (κ3) is 4.93. The first kappa shape index (κ1) is 21.2. The molecule has 0 saturated carbocycles. The Morgan fingerprint density at radius 2 is 1.97 bits per heavy atom. The fourth-order valence-electron chi connectivity index (χ4n) is 2.92. The predicted molar refractivity (Wildman–Crippen MR) is 105 cm³/mol. The molecule has 0 aliphatic heterocycles. The maximum atomic E-state index is 13.2. The minimum atomic E-state index is -4.52. The van der Waals surface area contributed by atoms with Gasteiger partial charge in [-0.25, -0.2) is 0 Å². The highest BCUT2D eigenvalue weighted by molar-refractivity contribution is 9.10. The summed E-state index contributed by atoms with van der Waals surface area (Å²) in [7, 11) is 0. The number of aryl methyl sites for hydroxylation is 1. The van der Waals surface area contributed by atoms with Gasteiger partial charge in [0, 0.05) is 10.9 Å². The van der Waals surface area contributed by atoms with E-state index in [2.05, 4.69) is 15.9 Å². The van der Waals surface area contributed by atoms with E-state index in [-0.39, 0.29) is 36.6 Å². The van der Waals surface area contributed by atoms with Crippen LogP contribution in [0.5, 0.6) is 5.75 Å². The van der Waals surface area contributed by atoms with Crippen molar-refractivity contribution >= 4 is 32.9 Å². The predicted octanol–water partition coefficient (Wildman–Crippen LogP) is 6.21. The molecule has 154 valence electrons. The van der Waals surface area contributed by atoms with Crippen molar-refractivity contribution in [3.05, 3.63) is 63.3 Å². The lowest BCUT2D eigenvalue weighted by atomic mass is 10.1. The first-order valence-electron chi connectivity index (χ1n) is 8.83. The van der Waals surface area contributed by atoms with Gasteiger partial charge in [-0.1, -0.05) is 12.1 Å². The molecule has 0 aliphatic rings. The maximum Gasteiger partial charge on any atom is 0.420 e. The molecule has 1 heterocycles. The fraction of sp³-hybridized carbons (Fsp3) is 0.286. The molecule has 3 rings (SSSR count). The van der Waals surface area contributed by atoms with Crippen LogP contribution in [-0.2, 0) is 28.7 Å². The average molecular weight is 471 g/mol. The smallest absolute Gasteiger partial charge is 0.420 e. The Bertz CT molecular complexity index is 1040. The first-order valence-corrected chi connectivity index (χ1v) is 9.63. The van der Waals surface area contributed by atoms with Crippen molar-refractivity contribution in [2.45, 2.75) is 33.1 Å². The van der Waals surface area contributed by atoms with Gasteiger partial charge < -0.3 is 13.9 Å². The van der Waals surface area contributed by atoms with Crippen LogP contribution < -0.4 is 4.74 Å². The van der Waals surface area contributed by atoms with E-state index in [0.717, 1.165) is 5.56 Å². The van der Waals surface area contributed by atoms with E-state index < -0.39 is 11.7 Å². The summed E-state index contributed by atoms with van der Waals surface area (Å²) in [5, 5.41) is -0.0403. The summed E-state index contributed by atoms with van der Waals surface area (Å²) in [4.78, 5) is 11.8. The molecule has 3 aromatic rings. The zero-order valence-electron chi connectivity index (χ0n) is 15.7. The van der Waals surface area contributed by atoms with Crippen molar-refractivity contribution in [1.82, 2.24) is 0 Å². The second kappa shape index (κ2) is 8.49. The van der Waals surface area contributed by atoms with Gasteiger partial charge in [0.25, 0.3) is 0 Å². The zero-order valence-corrected chi connectivity index (χ0v) is 17.3. The minimum Gasteiger partial charge on any atom is -0.489 e. The van der Waals surface area contributed by atoms with Crippen molar-refractivity contribution < 1.29 is 31.9 Å². The molecule has 0 N–H and O–H groups in total. The largest absolute Gasteiger partial charge is 0.489 e. The van der Waals surface area contributed by atoms with Crippen LogP contribution in [-0.4, -0.2) is 12.6 Å². The van der Waals surface area contributed by atoms with Gasteiger partial charge in [0.05, 0.1) is 17.5 Å². The summed E-state index contributed by atoms with van der Waals surface area (Å²) < 4.78 is 55.9. The first-order chi connectivity index (χ1) is 13.7. The van der Waals surface area contributed by atoms with Gasteiger partial charge in [-0.2, -0.15) is 13.2 Å². The average Bonchev–Trinajstić information content (AvgIpc) is 3.07. The molecule has 0 saturated heterocycles. The SMILES string of the molecule is CCOC(=O)Cc1ccc(C)cc1OCc1cc(Br)c2occ(C(F)(F)F)c2c1. The molecule has 0 unspecified atom stereocenters. The second-order valence-corrected chi connectivity index (χ2v) is 7.34. The number of alkyl halides is 3. The lowest BCUT2D eigenvalue weighted by Crippen LogP contribution is -2.09. The number of fused-ring (bicyclic) bond motifs is 1. The second-order valence-electron chi connectivity index (χ2n) is 6.48. The number of carbonyl (C=O) groups excluding carboxylic acids is 1. The molecule has 0 amide bonds. The molecule has 0 bridgehead atoms. The molecular weight excluding hydrogens is 453 g/mol. The van der Waals surface area contributed by atoms with Crippen molar-refractivity contribution in [3.8, 4) is 5.75 Å². The summed E-state index contributed by atoms with van der Waals surface area (Å²) in [6, 6.07) is 8.45. The standard InChI is InChI=1S/C21H18BrF3O4/c1-3-27-19(26)9-14-5-4-12(2)6-18(14)28-10-13-7-15-16(21(23,24)25)11-29-20(15)17(22)8-13/h4-8,11H,3,9-10H2,1-2H3. The minimum absolute atomic E-state index is 0.0241. The molecule has 4 nitrogen and oxygen atoms in total. The quantitative estimate of drug-likeness (QED) is 0.402. The summed E-state index contributed by atoms with van der Waals surface area (Å²) in [6.07, 6.45) is -3.77. The molecular formula is C21H18BrF3O4. The van der Waals surface area contributed by atoms with Crippen molar-refractivity contribution in [2.75, 3.05) is 6.61 Å². The van der Waals surface area contributed by atoms with Gasteiger partial charge in [-0.3, -0.25) is 4.79 Å². The Balaban J connectivity index is 1.87. The molecule has 1 aromatic heterocycles. The normalized spacial score (nSPS) is 11.7. The van der Waals surface area contributed by atoms with Crippen LogP contribution in [0.25, 0.3) is 11.0 Å². The van der Waals surface area contributed by atoms with Gasteiger partial charge in [0.2, 0.25) is 0 Å². The number of esters is 1. The number of carbonyl (C=O) groups is 1. The van der Waals surface area contributed by atoms with Gasteiger partial charge in [-0.15, -0.1) is 0 Å². The van der Waals surface area contributed by atoms with Crippen LogP contribution in [0.4, 0.5) is 13.2 Å². The van der Waals surface area contributed by atoms with Crippen LogP contribution in [0.3, 0.4) is 0 Å². The number of rotatable bonds is 6. The Morgan fingerprint density at radius 1 is 1.21 bits per heavy atom. The van der Waals surface area contributed by atoms with E-state index in [9.17, 15) is 18.0 Å². The molecule has 2 aromatic carbocycles. The summed E-state index contributed by atoms with van der Waals surface area (Å²) in [5.41, 5.74) is 1.39. The van der Waals surface area contributed by atoms with Crippen LogP contribution in [0.1, 0.15) is 29.2 Å². The van der Waals surface area contributed by atoms with E-state index in [1.54, 1.807) is 25.1 Å². The number of furan rings is 1. The zero-order chi connectivity index (χ0) is 21.2. The molecule has 8 heteroatoms. The Labute approximate surface area is 173 Å². The monoisotopic (exact) mass is 470 g/mol. The highest BCUT2D eigenvalue weighted by atomic mass is 79.9. The highest BCUT2D eigenvalue weighted by Gasteiger charge is 2.35. The van der Waals surface area contributed by atoms with Gasteiger partial charge in [0.1, 0.15) is 29.8 Å². The van der Waals surface area contributed by atoms with E-state index in [1.165, 1.54) is 6.07 Å². The number of hydrogen-bond acceptors (Lipinski definition) is 4. The molecule has 0 aliphatic carbocycles. The van der Waals surface area contributed by atoms with Crippen molar-refractivity contribution in [2.24, 2.45) is 0 Å². The van der Waals surface area contributed by atoms with Crippen LogP contribution in [0.2, 0.25) is 0 Å². The van der Waals surface area contributed by atoms with Gasteiger partial charge >= 0.3 is 12.1 Å². The maximum absolute atomic E-state index is 13.2. The Hall–Kier alpha value is -2.48. The van der Waals surface area contributed by atoms with Gasteiger partial charge in [0.15, 0.2) is 0 Å². The van der Waals surface area contributed by atoms with Crippen LogP contribution in [0.15, 0.2) is 45.5 Å². The molecule has 0 spiro atoms. The molecule has 29 heavy (non-hydrogen) atoms.